The molecule has 1 amide bonds. The Hall–Kier alpha value is -2.82. The molecular weight excluding hydrogens is 282 g/mol. The number of hydrogen-bond acceptors (Lipinski definition) is 3. The summed E-state index contributed by atoms with van der Waals surface area (Å²) in [6.07, 6.45) is 0. The second-order valence-corrected chi connectivity index (χ2v) is 4.97. The highest BCUT2D eigenvalue weighted by Crippen LogP contribution is 2.16. The van der Waals surface area contributed by atoms with Crippen LogP contribution in [-0.2, 0) is 4.79 Å². The van der Waals surface area contributed by atoms with Gasteiger partial charge in [0, 0.05) is 5.69 Å². The number of aryl methyl sites for hydroxylation is 2. The number of carboxylic acid groups (broad SMARTS) is 1. The van der Waals surface area contributed by atoms with Gasteiger partial charge in [-0.2, -0.15) is 0 Å². The lowest BCUT2D eigenvalue weighted by molar-refractivity contribution is -0.118. The van der Waals surface area contributed by atoms with Gasteiger partial charge < -0.3 is 15.2 Å². The Morgan fingerprint density at radius 3 is 2.32 bits per heavy atom. The molecule has 0 spiro atoms. The predicted octanol–water partition coefficient (Wildman–Crippen LogP) is 3.02. The van der Waals surface area contributed by atoms with Crippen molar-refractivity contribution in [3.63, 3.8) is 0 Å². The van der Waals surface area contributed by atoms with Crippen molar-refractivity contribution in [2.75, 3.05) is 11.9 Å². The molecule has 2 aromatic carbocycles. The fraction of sp³-hybridized carbons (Fsp3) is 0.176. The van der Waals surface area contributed by atoms with E-state index in [1.165, 1.54) is 24.3 Å². The molecule has 0 bridgehead atoms. The van der Waals surface area contributed by atoms with Crippen LogP contribution in [0.2, 0.25) is 0 Å². The molecule has 0 aliphatic rings. The number of hydrogen-bond donors (Lipinski definition) is 2. The van der Waals surface area contributed by atoms with Gasteiger partial charge in [-0.1, -0.05) is 6.07 Å². The van der Waals surface area contributed by atoms with E-state index in [4.69, 9.17) is 9.84 Å². The summed E-state index contributed by atoms with van der Waals surface area (Å²) in [7, 11) is 0. The molecule has 2 aromatic rings. The van der Waals surface area contributed by atoms with Crippen LogP contribution in [0.1, 0.15) is 21.5 Å². The molecule has 5 heteroatoms. The topological polar surface area (TPSA) is 75.6 Å². The molecule has 0 aliphatic heterocycles. The Labute approximate surface area is 128 Å². The van der Waals surface area contributed by atoms with Crippen LogP contribution >= 0.6 is 0 Å². The fourth-order valence-corrected chi connectivity index (χ4v) is 1.85. The molecule has 114 valence electrons. The maximum Gasteiger partial charge on any atom is 0.335 e. The van der Waals surface area contributed by atoms with Crippen molar-refractivity contribution in [1.29, 1.82) is 0 Å². The molecule has 22 heavy (non-hydrogen) atoms. The van der Waals surface area contributed by atoms with E-state index < -0.39 is 5.97 Å². The third kappa shape index (κ3) is 4.09. The fourth-order valence-electron chi connectivity index (χ4n) is 1.85. The standard InChI is InChI=1S/C17H17NO4/c1-11-3-8-15(9-12(11)2)22-10-16(19)18-14-6-4-13(5-7-14)17(20)21/h3-9H,10H2,1-2H3,(H,18,19)(H,20,21). The maximum absolute atomic E-state index is 11.8. The summed E-state index contributed by atoms with van der Waals surface area (Å²) in [6.45, 7) is 3.88. The first-order valence-electron chi connectivity index (χ1n) is 6.79. The number of aromatic carboxylic acids is 1. The number of benzene rings is 2. The second kappa shape index (κ2) is 6.76. The normalized spacial score (nSPS) is 10.1. The number of amides is 1. The second-order valence-electron chi connectivity index (χ2n) is 4.97. The Balaban J connectivity index is 1.89. The van der Waals surface area contributed by atoms with Gasteiger partial charge in [-0.05, 0) is 61.4 Å². The first-order valence-corrected chi connectivity index (χ1v) is 6.79. The number of carbonyl (C=O) groups is 2. The molecule has 0 unspecified atom stereocenters. The number of carbonyl (C=O) groups excluding carboxylic acids is 1. The smallest absolute Gasteiger partial charge is 0.335 e. The highest BCUT2D eigenvalue weighted by atomic mass is 16.5. The molecular formula is C17H17NO4. The van der Waals surface area contributed by atoms with Crippen molar-refractivity contribution in [1.82, 2.24) is 0 Å². The zero-order valence-electron chi connectivity index (χ0n) is 12.4. The summed E-state index contributed by atoms with van der Waals surface area (Å²) in [6, 6.07) is 11.6. The summed E-state index contributed by atoms with van der Waals surface area (Å²) in [5, 5.41) is 11.4. The van der Waals surface area contributed by atoms with E-state index in [2.05, 4.69) is 5.32 Å². The van der Waals surface area contributed by atoms with Crippen molar-refractivity contribution in [3.8, 4) is 5.75 Å². The van der Waals surface area contributed by atoms with Gasteiger partial charge in [-0.15, -0.1) is 0 Å². The van der Waals surface area contributed by atoms with E-state index in [1.807, 2.05) is 32.0 Å². The van der Waals surface area contributed by atoms with Gasteiger partial charge in [-0.3, -0.25) is 4.79 Å². The summed E-state index contributed by atoms with van der Waals surface area (Å²) in [5.74, 6) is -0.670. The van der Waals surface area contributed by atoms with Crippen LogP contribution in [0.15, 0.2) is 42.5 Å². The van der Waals surface area contributed by atoms with E-state index in [0.29, 0.717) is 11.4 Å². The Morgan fingerprint density at radius 1 is 1.05 bits per heavy atom. The van der Waals surface area contributed by atoms with Crippen molar-refractivity contribution >= 4 is 17.6 Å². The molecule has 0 saturated heterocycles. The molecule has 2 N–H and O–H groups in total. The molecule has 0 fully saturated rings. The first-order chi connectivity index (χ1) is 10.5. The number of ether oxygens (including phenoxy) is 1. The number of anilines is 1. The SMILES string of the molecule is Cc1ccc(OCC(=O)Nc2ccc(C(=O)O)cc2)cc1C. The van der Waals surface area contributed by atoms with E-state index in [0.717, 1.165) is 11.1 Å². The molecule has 0 saturated carbocycles. The van der Waals surface area contributed by atoms with Gasteiger partial charge in [0.25, 0.3) is 5.91 Å². The Bertz CT molecular complexity index is 692. The number of nitrogens with one attached hydrogen (secondary N) is 1. The Kier molecular flexibility index (Phi) is 4.78. The van der Waals surface area contributed by atoms with Crippen LogP contribution in [-0.4, -0.2) is 23.6 Å². The minimum absolute atomic E-state index is 0.108. The Morgan fingerprint density at radius 2 is 1.73 bits per heavy atom. The molecule has 0 aromatic heterocycles. The third-order valence-corrected chi connectivity index (χ3v) is 3.26. The summed E-state index contributed by atoms with van der Waals surface area (Å²) in [5.41, 5.74) is 2.96. The van der Waals surface area contributed by atoms with Crippen molar-refractivity contribution in [2.45, 2.75) is 13.8 Å². The van der Waals surface area contributed by atoms with Crippen LogP contribution in [0, 0.1) is 13.8 Å². The van der Waals surface area contributed by atoms with Crippen molar-refractivity contribution in [2.24, 2.45) is 0 Å². The van der Waals surface area contributed by atoms with Gasteiger partial charge in [0.05, 0.1) is 5.56 Å². The summed E-state index contributed by atoms with van der Waals surface area (Å²) >= 11 is 0. The number of carboxylic acids is 1. The molecule has 5 nitrogen and oxygen atoms in total. The number of rotatable bonds is 5. The average molecular weight is 299 g/mol. The van der Waals surface area contributed by atoms with E-state index in [-0.39, 0.29) is 18.1 Å². The predicted molar refractivity (Wildman–Crippen MR) is 83.4 cm³/mol. The largest absolute Gasteiger partial charge is 0.484 e. The van der Waals surface area contributed by atoms with Crippen LogP contribution in [0.25, 0.3) is 0 Å². The van der Waals surface area contributed by atoms with E-state index in [1.54, 1.807) is 0 Å². The van der Waals surface area contributed by atoms with Gasteiger partial charge in [-0.25, -0.2) is 4.79 Å². The third-order valence-electron chi connectivity index (χ3n) is 3.26. The zero-order chi connectivity index (χ0) is 16.1. The van der Waals surface area contributed by atoms with Crippen LogP contribution < -0.4 is 10.1 Å². The van der Waals surface area contributed by atoms with E-state index in [9.17, 15) is 9.59 Å². The van der Waals surface area contributed by atoms with Gasteiger partial charge in [0.1, 0.15) is 5.75 Å². The molecule has 2 rings (SSSR count). The average Bonchev–Trinajstić information content (AvgIpc) is 2.49. The summed E-state index contributed by atoms with van der Waals surface area (Å²) in [4.78, 5) is 22.5. The summed E-state index contributed by atoms with van der Waals surface area (Å²) < 4.78 is 5.43. The zero-order valence-corrected chi connectivity index (χ0v) is 12.4. The minimum Gasteiger partial charge on any atom is -0.484 e. The van der Waals surface area contributed by atoms with Crippen LogP contribution in [0.3, 0.4) is 0 Å². The molecule has 0 atom stereocenters. The van der Waals surface area contributed by atoms with Crippen LogP contribution in [0.5, 0.6) is 5.75 Å². The minimum atomic E-state index is -1.00. The van der Waals surface area contributed by atoms with Gasteiger partial charge in [0.2, 0.25) is 0 Å². The van der Waals surface area contributed by atoms with Crippen LogP contribution in [0.4, 0.5) is 5.69 Å². The lowest BCUT2D eigenvalue weighted by atomic mass is 10.1. The lowest BCUT2D eigenvalue weighted by Gasteiger charge is -2.09. The molecule has 0 heterocycles. The molecule has 0 radical (unpaired) electrons. The van der Waals surface area contributed by atoms with Crippen molar-refractivity contribution < 1.29 is 19.4 Å². The van der Waals surface area contributed by atoms with E-state index >= 15 is 0 Å². The highest BCUT2D eigenvalue weighted by Gasteiger charge is 2.06. The maximum atomic E-state index is 11.8. The quantitative estimate of drug-likeness (QED) is 0.890. The highest BCUT2D eigenvalue weighted by molar-refractivity contribution is 5.93. The van der Waals surface area contributed by atoms with Gasteiger partial charge in [0.15, 0.2) is 6.61 Å². The molecule has 0 aliphatic carbocycles. The van der Waals surface area contributed by atoms with Crippen molar-refractivity contribution in [3.05, 3.63) is 59.2 Å². The first kappa shape index (κ1) is 15.6. The lowest BCUT2D eigenvalue weighted by Crippen LogP contribution is -2.20. The van der Waals surface area contributed by atoms with Gasteiger partial charge >= 0.3 is 5.97 Å². The monoisotopic (exact) mass is 299 g/mol.